The number of nitrogen functional groups attached to an aromatic ring is 2. The lowest BCUT2D eigenvalue weighted by Gasteiger charge is -2.36. The van der Waals surface area contributed by atoms with Crippen molar-refractivity contribution < 1.29 is 9.59 Å². The first-order valence-electron chi connectivity index (χ1n) is 21.7. The van der Waals surface area contributed by atoms with Crippen LogP contribution in [0.2, 0.25) is 0 Å². The van der Waals surface area contributed by atoms with E-state index in [2.05, 4.69) is 67.0 Å². The molecule has 1 aliphatic heterocycles. The van der Waals surface area contributed by atoms with Gasteiger partial charge < -0.3 is 16.4 Å². The van der Waals surface area contributed by atoms with Crippen molar-refractivity contribution >= 4 is 29.2 Å². The van der Waals surface area contributed by atoms with E-state index >= 15 is 0 Å². The Kier molecular flexibility index (Phi) is 10.6. The van der Waals surface area contributed by atoms with E-state index in [4.69, 9.17) is 11.5 Å². The molecule has 0 amide bonds. The van der Waals surface area contributed by atoms with Gasteiger partial charge in [0.15, 0.2) is 11.6 Å². The quantitative estimate of drug-likeness (QED) is 0.159. The highest BCUT2D eigenvalue weighted by Gasteiger charge is 2.36. The van der Waals surface area contributed by atoms with E-state index in [1.807, 2.05) is 122 Å². The number of nitrogens with zero attached hydrogens (tertiary/aromatic N) is 6. The third kappa shape index (κ3) is 7.27. The first-order valence-corrected chi connectivity index (χ1v) is 21.7. The van der Waals surface area contributed by atoms with E-state index in [-0.39, 0.29) is 23.5 Å². The van der Waals surface area contributed by atoms with Crippen molar-refractivity contribution in [3.63, 3.8) is 0 Å². The number of hydrogen-bond acceptors (Lipinski definition) is 10. The lowest BCUT2D eigenvalue weighted by atomic mass is 9.96. The van der Waals surface area contributed by atoms with Crippen LogP contribution in [0, 0.1) is 6.92 Å². The zero-order valence-electron chi connectivity index (χ0n) is 35.8. The van der Waals surface area contributed by atoms with Gasteiger partial charge in [-0.05, 0) is 54.3 Å². The first kappa shape index (κ1) is 40.3. The van der Waals surface area contributed by atoms with Crippen molar-refractivity contribution in [2.24, 2.45) is 0 Å². The van der Waals surface area contributed by atoms with Gasteiger partial charge in [0.2, 0.25) is 11.9 Å². The number of hydrogen-bond donors (Lipinski definition) is 2. The van der Waals surface area contributed by atoms with Crippen LogP contribution in [-0.2, 0) is 0 Å². The molecular formula is C54H46N8O2. The van der Waals surface area contributed by atoms with Crippen LogP contribution in [0.3, 0.4) is 0 Å². The summed E-state index contributed by atoms with van der Waals surface area (Å²) in [6, 6.07) is 47.9. The van der Waals surface area contributed by atoms with Crippen molar-refractivity contribution in [3.05, 3.63) is 173 Å². The van der Waals surface area contributed by atoms with E-state index in [1.54, 1.807) is 0 Å². The van der Waals surface area contributed by atoms with E-state index in [1.165, 1.54) is 18.7 Å². The Morgan fingerprint density at radius 2 is 0.875 bits per heavy atom. The predicted octanol–water partition coefficient (Wildman–Crippen LogP) is 10.0. The Morgan fingerprint density at radius 3 is 1.38 bits per heavy atom. The summed E-state index contributed by atoms with van der Waals surface area (Å²) in [5.41, 5.74) is 26.8. The maximum absolute atomic E-state index is 13.6. The van der Waals surface area contributed by atoms with Crippen molar-refractivity contribution in [2.75, 3.05) is 49.1 Å². The van der Waals surface area contributed by atoms with E-state index in [0.29, 0.717) is 45.0 Å². The monoisotopic (exact) mass is 838 g/mol. The van der Waals surface area contributed by atoms with Gasteiger partial charge in [-0.3, -0.25) is 14.5 Å². The van der Waals surface area contributed by atoms with Gasteiger partial charge in [-0.15, -0.1) is 0 Å². The molecule has 2 aromatic heterocycles. The molecule has 1 fully saturated rings. The second kappa shape index (κ2) is 16.8. The van der Waals surface area contributed by atoms with Crippen molar-refractivity contribution in [3.8, 4) is 67.3 Å². The molecule has 4 N–H and O–H groups in total. The highest BCUT2D eigenvalue weighted by molar-refractivity contribution is 6.26. The molecular weight excluding hydrogens is 793 g/mol. The SMILES string of the molecule is CCCN1CCN(c2ccc(-c3cccc4c3-c3nc(N)nc(-c5ccc(C)cc5)c3C4=O)cc2)CC1.Nc1nc(-c2ccccc2)c2c(n1)-c1c(cccc1-c1ccccc1)C2=O. The van der Waals surface area contributed by atoms with Crippen molar-refractivity contribution in [1.29, 1.82) is 0 Å². The van der Waals surface area contributed by atoms with Gasteiger partial charge in [-0.1, -0.05) is 146 Å². The minimum atomic E-state index is -0.0587. The first-order chi connectivity index (χ1) is 31.3. The fourth-order valence-corrected chi connectivity index (χ4v) is 9.23. The van der Waals surface area contributed by atoms with Gasteiger partial charge in [0, 0.05) is 65.2 Å². The molecule has 10 nitrogen and oxygen atoms in total. The number of rotatable bonds is 7. The van der Waals surface area contributed by atoms with Crippen LogP contribution in [0.5, 0.6) is 0 Å². The minimum absolute atomic E-state index is 0.0519. The lowest BCUT2D eigenvalue weighted by molar-refractivity contribution is 0.103. The Hall–Kier alpha value is -7.82. The standard InChI is InChI=1S/C31H31N5O.C23H15N3O/c1-3-15-35-16-18-36(19-17-35)23-13-11-21(12-14-23)24-5-4-6-25-26(24)29-27(30(25)37)28(33-31(32)34-29)22-9-7-20(2)8-10-22;24-23-25-20(15-10-5-2-6-11-15)19-21(26-23)18-16(14-8-3-1-4-9-14)12-7-13-17(18)22(19)27/h4-14H,3,15-19H2,1-2H3,(H2,32,33,34);1-13H,(H2,24,25,26). The molecule has 0 unspecified atom stereocenters. The number of piperazine rings is 1. The van der Waals surface area contributed by atoms with E-state index < -0.39 is 0 Å². The number of carbonyl (C=O) groups excluding carboxylic acids is 2. The minimum Gasteiger partial charge on any atom is -0.369 e. The molecule has 11 rings (SSSR count). The average molecular weight is 839 g/mol. The topological polar surface area (TPSA) is 144 Å². The number of nitrogens with two attached hydrogens (primary N) is 2. The van der Waals surface area contributed by atoms with Crippen LogP contribution in [-0.4, -0.2) is 69.1 Å². The van der Waals surface area contributed by atoms with E-state index in [9.17, 15) is 9.59 Å². The zero-order chi connectivity index (χ0) is 43.9. The van der Waals surface area contributed by atoms with Crippen LogP contribution < -0.4 is 16.4 Å². The van der Waals surface area contributed by atoms with Crippen LogP contribution in [0.25, 0.3) is 67.3 Å². The third-order valence-electron chi connectivity index (χ3n) is 12.3. The zero-order valence-corrected chi connectivity index (χ0v) is 35.8. The molecule has 0 radical (unpaired) electrons. The lowest BCUT2D eigenvalue weighted by Crippen LogP contribution is -2.46. The van der Waals surface area contributed by atoms with Crippen LogP contribution in [0.1, 0.15) is 50.8 Å². The highest BCUT2D eigenvalue weighted by Crippen LogP contribution is 2.46. The van der Waals surface area contributed by atoms with Crippen LogP contribution in [0.15, 0.2) is 146 Å². The van der Waals surface area contributed by atoms with Gasteiger partial charge in [0.1, 0.15) is 0 Å². The Morgan fingerprint density at radius 1 is 0.453 bits per heavy atom. The van der Waals surface area contributed by atoms with Gasteiger partial charge in [-0.2, -0.15) is 0 Å². The fraction of sp³-hybridized carbons (Fsp3) is 0.148. The number of anilines is 3. The molecule has 64 heavy (non-hydrogen) atoms. The van der Waals surface area contributed by atoms with Crippen LogP contribution >= 0.6 is 0 Å². The van der Waals surface area contributed by atoms with Crippen molar-refractivity contribution in [2.45, 2.75) is 20.3 Å². The molecule has 10 heteroatoms. The normalized spacial score (nSPS) is 13.8. The second-order valence-corrected chi connectivity index (χ2v) is 16.4. The molecule has 3 heterocycles. The van der Waals surface area contributed by atoms with Crippen molar-refractivity contribution in [1.82, 2.24) is 24.8 Å². The third-order valence-corrected chi connectivity index (χ3v) is 12.3. The number of benzene rings is 6. The second-order valence-electron chi connectivity index (χ2n) is 16.4. The summed E-state index contributed by atoms with van der Waals surface area (Å²) in [4.78, 5) is 49.8. The Labute approximate surface area is 372 Å². The molecule has 314 valence electrons. The number of aromatic nitrogens is 4. The summed E-state index contributed by atoms with van der Waals surface area (Å²) in [5.74, 6) is 0.221. The Balaban J connectivity index is 0.000000159. The molecule has 0 bridgehead atoms. The fourth-order valence-electron chi connectivity index (χ4n) is 9.23. The molecule has 1 saturated heterocycles. The largest absolute Gasteiger partial charge is 0.369 e. The maximum Gasteiger partial charge on any atom is 0.221 e. The summed E-state index contributed by atoms with van der Waals surface area (Å²) in [7, 11) is 0. The van der Waals surface area contributed by atoms with Gasteiger partial charge in [-0.25, -0.2) is 19.9 Å². The number of fused-ring (bicyclic) bond motifs is 6. The molecule has 3 aliphatic rings. The summed E-state index contributed by atoms with van der Waals surface area (Å²) in [6.07, 6.45) is 1.20. The maximum atomic E-state index is 13.6. The number of carbonyl (C=O) groups is 2. The summed E-state index contributed by atoms with van der Waals surface area (Å²) in [6.45, 7) is 9.73. The molecule has 2 aliphatic carbocycles. The Bertz CT molecular complexity index is 3070. The van der Waals surface area contributed by atoms with E-state index in [0.717, 1.165) is 76.3 Å². The predicted molar refractivity (Wildman–Crippen MR) is 256 cm³/mol. The summed E-state index contributed by atoms with van der Waals surface area (Å²) >= 11 is 0. The van der Waals surface area contributed by atoms with Gasteiger partial charge in [0.25, 0.3) is 0 Å². The average Bonchev–Trinajstić information content (AvgIpc) is 3.79. The number of ketones is 2. The smallest absolute Gasteiger partial charge is 0.221 e. The molecule has 0 saturated carbocycles. The van der Waals surface area contributed by atoms with Gasteiger partial charge >= 0.3 is 0 Å². The van der Waals surface area contributed by atoms with Gasteiger partial charge in [0.05, 0.1) is 33.9 Å². The summed E-state index contributed by atoms with van der Waals surface area (Å²) in [5, 5.41) is 0. The molecule has 0 spiro atoms. The molecule has 8 aromatic rings. The summed E-state index contributed by atoms with van der Waals surface area (Å²) < 4.78 is 0. The number of aryl methyl sites for hydroxylation is 1. The highest BCUT2D eigenvalue weighted by atomic mass is 16.1. The molecule has 6 aromatic carbocycles. The van der Waals surface area contributed by atoms with Crippen LogP contribution in [0.4, 0.5) is 17.6 Å². The molecule has 0 atom stereocenters.